The van der Waals surface area contributed by atoms with E-state index < -0.39 is 59.2 Å². The van der Waals surface area contributed by atoms with Crippen LogP contribution in [0.15, 0.2) is 72.8 Å². The van der Waals surface area contributed by atoms with Crippen LogP contribution in [0, 0.1) is 0 Å². The number of carbonyl (C=O) groups excluding carboxylic acids is 4. The first-order chi connectivity index (χ1) is 20.7. The summed E-state index contributed by atoms with van der Waals surface area (Å²) in [6, 6.07) is 12.7. The molecule has 2 saturated heterocycles. The molecule has 0 bridgehead atoms. The normalized spacial score (nSPS) is 19.4. The molecule has 0 spiro atoms. The van der Waals surface area contributed by atoms with Crippen molar-refractivity contribution in [2.24, 2.45) is 0 Å². The fourth-order valence-electron chi connectivity index (χ4n) is 4.98. The van der Waals surface area contributed by atoms with Crippen LogP contribution < -0.4 is 20.4 Å². The Bertz CT molecular complexity index is 1450. The molecule has 230 valence electrons. The molecule has 2 aliphatic rings. The van der Waals surface area contributed by atoms with Crippen molar-refractivity contribution >= 4 is 35.0 Å². The number of hydrogen-bond acceptors (Lipinski definition) is 6. The molecule has 0 radical (unpaired) electrons. The maximum atomic E-state index is 13.0. The summed E-state index contributed by atoms with van der Waals surface area (Å²) in [7, 11) is 0. The lowest BCUT2D eigenvalue weighted by Crippen LogP contribution is -2.39. The molecule has 8 nitrogen and oxygen atoms in total. The van der Waals surface area contributed by atoms with E-state index >= 15 is 0 Å². The number of halogens is 6. The van der Waals surface area contributed by atoms with E-state index in [9.17, 15) is 45.5 Å². The summed E-state index contributed by atoms with van der Waals surface area (Å²) in [5.41, 5.74) is -0.200. The smallest absolute Gasteiger partial charge is 0.301 e. The lowest BCUT2D eigenvalue weighted by atomic mass is 10.1. The number of hydrogen-bond donors (Lipinski definition) is 2. The van der Waals surface area contributed by atoms with Gasteiger partial charge in [0.25, 0.3) is 11.8 Å². The highest BCUT2D eigenvalue weighted by Gasteiger charge is 2.41. The van der Waals surface area contributed by atoms with Crippen molar-refractivity contribution in [2.45, 2.75) is 50.4 Å². The van der Waals surface area contributed by atoms with Crippen molar-refractivity contribution in [2.75, 3.05) is 9.80 Å². The maximum Gasteiger partial charge on any atom is 0.416 e. The molecule has 0 saturated carbocycles. The van der Waals surface area contributed by atoms with Crippen LogP contribution in [0.25, 0.3) is 0 Å². The first-order valence-corrected chi connectivity index (χ1v) is 13.3. The third kappa shape index (κ3) is 6.50. The Labute approximate surface area is 246 Å². The van der Waals surface area contributed by atoms with Gasteiger partial charge in [0.05, 0.1) is 47.4 Å². The zero-order valence-electron chi connectivity index (χ0n) is 22.7. The van der Waals surface area contributed by atoms with Crippen molar-refractivity contribution in [3.8, 4) is 0 Å². The molecule has 0 aliphatic carbocycles. The van der Waals surface area contributed by atoms with E-state index in [1.807, 2.05) is 0 Å². The molecule has 0 aromatic heterocycles. The van der Waals surface area contributed by atoms with E-state index in [0.29, 0.717) is 11.1 Å². The molecule has 14 heteroatoms. The average Bonchev–Trinajstić information content (AvgIpc) is 3.42. The van der Waals surface area contributed by atoms with Gasteiger partial charge in [-0.25, -0.2) is 9.80 Å². The lowest BCUT2D eigenvalue weighted by Gasteiger charge is -2.19. The SMILES string of the molecule is O=C1C[C@H](NCc2ccc(C(F)(F)F)cc2)C(=O)N1c1ccc(N2C(=O)C[C@H](NCc3ccc(C(F)(F)F)cc3)C2=O)cc1. The van der Waals surface area contributed by atoms with E-state index in [1.165, 1.54) is 48.5 Å². The molecule has 2 fully saturated rings. The van der Waals surface area contributed by atoms with Gasteiger partial charge < -0.3 is 10.6 Å². The molecule has 44 heavy (non-hydrogen) atoms. The number of nitrogens with one attached hydrogen (secondary N) is 2. The molecule has 2 aliphatic heterocycles. The van der Waals surface area contributed by atoms with Gasteiger partial charge in [0.1, 0.15) is 0 Å². The summed E-state index contributed by atoms with van der Waals surface area (Å²) in [4.78, 5) is 53.2. The third-order valence-corrected chi connectivity index (χ3v) is 7.33. The number of nitrogens with zero attached hydrogens (tertiary/aromatic N) is 2. The van der Waals surface area contributed by atoms with Crippen molar-refractivity contribution in [1.29, 1.82) is 0 Å². The van der Waals surface area contributed by atoms with Crippen molar-refractivity contribution in [3.05, 3.63) is 95.1 Å². The number of benzene rings is 3. The molecule has 2 heterocycles. The highest BCUT2D eigenvalue weighted by molar-refractivity contribution is 6.24. The molecule has 2 atom stereocenters. The van der Waals surface area contributed by atoms with Crippen LogP contribution in [0.3, 0.4) is 0 Å². The maximum absolute atomic E-state index is 13.0. The van der Waals surface area contributed by atoms with E-state index in [4.69, 9.17) is 0 Å². The van der Waals surface area contributed by atoms with Gasteiger partial charge in [-0.3, -0.25) is 19.2 Å². The van der Waals surface area contributed by atoms with Crippen LogP contribution in [0.4, 0.5) is 37.7 Å². The van der Waals surface area contributed by atoms with E-state index in [0.717, 1.165) is 34.1 Å². The fraction of sp³-hybridized carbons (Fsp3) is 0.267. The summed E-state index contributed by atoms with van der Waals surface area (Å²) < 4.78 is 76.7. The molecule has 4 amide bonds. The van der Waals surface area contributed by atoms with Crippen LogP contribution in [-0.4, -0.2) is 35.7 Å². The van der Waals surface area contributed by atoms with Crippen molar-refractivity contribution in [1.82, 2.24) is 10.6 Å². The quantitative estimate of drug-likeness (QED) is 0.284. The second-order valence-corrected chi connectivity index (χ2v) is 10.3. The molecular formula is C30H24F6N4O4. The van der Waals surface area contributed by atoms with Gasteiger partial charge in [-0.2, -0.15) is 26.3 Å². The van der Waals surface area contributed by atoms with Crippen LogP contribution >= 0.6 is 0 Å². The largest absolute Gasteiger partial charge is 0.416 e. The molecular weight excluding hydrogens is 594 g/mol. The topological polar surface area (TPSA) is 98.8 Å². The summed E-state index contributed by atoms with van der Waals surface area (Å²) in [5.74, 6) is -2.13. The molecule has 0 unspecified atom stereocenters. The Kier molecular flexibility index (Phi) is 8.32. The second kappa shape index (κ2) is 11.8. The standard InChI is InChI=1S/C30H24F6N4O4/c31-29(32,33)19-5-1-17(2-6-19)15-37-23-13-25(41)39(27(23)43)21-9-11-22(12-10-21)40-26(42)14-24(28(40)44)38-16-18-3-7-20(8-4-18)30(34,35)36/h1-12,23-24,37-38H,13-16H2/t23-,24-/m0/s1. The third-order valence-electron chi connectivity index (χ3n) is 7.33. The first kappa shape index (κ1) is 30.9. The fourth-order valence-corrected chi connectivity index (χ4v) is 4.98. The Morgan fingerprint density at radius 2 is 0.864 bits per heavy atom. The van der Waals surface area contributed by atoms with Gasteiger partial charge in [-0.15, -0.1) is 0 Å². The summed E-state index contributed by atoms with van der Waals surface area (Å²) >= 11 is 0. The molecule has 5 rings (SSSR count). The number of anilines is 2. The predicted molar refractivity (Wildman–Crippen MR) is 145 cm³/mol. The van der Waals surface area contributed by atoms with Gasteiger partial charge in [0.15, 0.2) is 0 Å². The second-order valence-electron chi connectivity index (χ2n) is 10.3. The Hall–Kier alpha value is -4.56. The van der Waals surface area contributed by atoms with Crippen LogP contribution in [0.5, 0.6) is 0 Å². The zero-order valence-corrected chi connectivity index (χ0v) is 22.7. The van der Waals surface area contributed by atoms with Gasteiger partial charge >= 0.3 is 12.4 Å². The number of rotatable bonds is 8. The zero-order chi connectivity index (χ0) is 31.8. The number of alkyl halides is 6. The molecule has 2 N–H and O–H groups in total. The molecule has 3 aromatic carbocycles. The minimum atomic E-state index is -4.47. The molecule has 3 aromatic rings. The van der Waals surface area contributed by atoms with E-state index in [2.05, 4.69) is 10.6 Å². The van der Waals surface area contributed by atoms with Gasteiger partial charge in [0, 0.05) is 13.1 Å². The van der Waals surface area contributed by atoms with Crippen LogP contribution in [-0.2, 0) is 44.6 Å². The van der Waals surface area contributed by atoms with Gasteiger partial charge in [0.2, 0.25) is 11.8 Å². The highest BCUT2D eigenvalue weighted by atomic mass is 19.4. The monoisotopic (exact) mass is 618 g/mol. The first-order valence-electron chi connectivity index (χ1n) is 13.3. The predicted octanol–water partition coefficient (Wildman–Crippen LogP) is 4.57. The summed E-state index contributed by atoms with van der Waals surface area (Å²) in [6.45, 7) is 0.115. The van der Waals surface area contributed by atoms with E-state index in [-0.39, 0.29) is 37.3 Å². The van der Waals surface area contributed by atoms with Crippen molar-refractivity contribution < 1.29 is 45.5 Å². The summed E-state index contributed by atoms with van der Waals surface area (Å²) in [5, 5.41) is 5.79. The minimum absolute atomic E-state index is 0.0574. The van der Waals surface area contributed by atoms with E-state index in [1.54, 1.807) is 0 Å². The van der Waals surface area contributed by atoms with Gasteiger partial charge in [-0.05, 0) is 59.7 Å². The average molecular weight is 619 g/mol. The lowest BCUT2D eigenvalue weighted by molar-refractivity contribution is -0.138. The van der Waals surface area contributed by atoms with Crippen LogP contribution in [0.1, 0.15) is 35.1 Å². The Balaban J connectivity index is 1.18. The Morgan fingerprint density at radius 3 is 1.16 bits per heavy atom. The number of imide groups is 2. The number of carbonyl (C=O) groups is 4. The number of amides is 4. The van der Waals surface area contributed by atoms with Gasteiger partial charge in [-0.1, -0.05) is 24.3 Å². The minimum Gasteiger partial charge on any atom is -0.301 e. The Morgan fingerprint density at radius 1 is 0.545 bits per heavy atom. The van der Waals surface area contributed by atoms with Crippen LogP contribution in [0.2, 0.25) is 0 Å². The summed E-state index contributed by atoms with van der Waals surface area (Å²) in [6.07, 6.45) is -9.28. The highest BCUT2D eigenvalue weighted by Crippen LogP contribution is 2.31. The van der Waals surface area contributed by atoms with Crippen molar-refractivity contribution in [3.63, 3.8) is 0 Å².